The fourth-order valence-corrected chi connectivity index (χ4v) is 3.58. The lowest BCUT2D eigenvalue weighted by molar-refractivity contribution is 0.0694. The van der Waals surface area contributed by atoms with Gasteiger partial charge in [0, 0.05) is 12.1 Å². The number of ether oxygens (including phenoxy) is 1. The molecule has 2 aliphatic rings. The zero-order valence-corrected chi connectivity index (χ0v) is 14.7. The van der Waals surface area contributed by atoms with Crippen LogP contribution in [0.5, 0.6) is 0 Å². The normalized spacial score (nSPS) is 22.0. The van der Waals surface area contributed by atoms with E-state index in [1.165, 1.54) is 6.07 Å². The molecule has 0 saturated carbocycles. The highest BCUT2D eigenvalue weighted by molar-refractivity contribution is 5.79. The lowest BCUT2D eigenvalue weighted by Gasteiger charge is -2.26. The van der Waals surface area contributed by atoms with Crippen molar-refractivity contribution >= 4 is 11.7 Å². The molecule has 0 aromatic heterocycles. The molecule has 1 saturated heterocycles. The lowest BCUT2D eigenvalue weighted by Crippen LogP contribution is -2.35. The number of carbonyl (C=O) groups excluding carboxylic acids is 1. The summed E-state index contributed by atoms with van der Waals surface area (Å²) in [4.78, 5) is 14.4. The molecule has 0 bridgehead atoms. The average molecular weight is 370 g/mol. The molecule has 6 heteroatoms. The van der Waals surface area contributed by atoms with Gasteiger partial charge in [0.2, 0.25) is 0 Å². The number of rotatable bonds is 3. The lowest BCUT2D eigenvalue weighted by atomic mass is 10.0. The monoisotopic (exact) mass is 370 g/mol. The van der Waals surface area contributed by atoms with Crippen LogP contribution >= 0.6 is 0 Å². The van der Waals surface area contributed by atoms with Crippen molar-refractivity contribution in [1.82, 2.24) is 10.2 Å². The van der Waals surface area contributed by atoms with Crippen LogP contribution in [-0.2, 0) is 4.74 Å². The van der Waals surface area contributed by atoms with E-state index in [9.17, 15) is 13.6 Å². The zero-order chi connectivity index (χ0) is 18.8. The molecule has 0 aliphatic carbocycles. The summed E-state index contributed by atoms with van der Waals surface area (Å²) in [6.07, 6.45) is 1.97. The third-order valence-electron chi connectivity index (χ3n) is 4.97. The van der Waals surface area contributed by atoms with Crippen LogP contribution in [0.25, 0.3) is 5.57 Å². The quantitative estimate of drug-likeness (QED) is 0.891. The summed E-state index contributed by atoms with van der Waals surface area (Å²) in [5.74, 6) is -1.02. The number of benzene rings is 2. The minimum absolute atomic E-state index is 0.163. The van der Waals surface area contributed by atoms with E-state index in [0.717, 1.165) is 30.7 Å². The first kappa shape index (κ1) is 17.7. The van der Waals surface area contributed by atoms with Crippen molar-refractivity contribution in [3.05, 3.63) is 77.4 Å². The third-order valence-corrected chi connectivity index (χ3v) is 4.97. The van der Waals surface area contributed by atoms with Gasteiger partial charge < -0.3 is 10.1 Å². The Kier molecular flexibility index (Phi) is 4.90. The first-order chi connectivity index (χ1) is 13.1. The van der Waals surface area contributed by atoms with Gasteiger partial charge in [-0.25, -0.2) is 13.6 Å². The van der Waals surface area contributed by atoms with Gasteiger partial charge in [0.05, 0.1) is 12.6 Å². The summed E-state index contributed by atoms with van der Waals surface area (Å²) in [6.45, 7) is 1.62. The Labute approximate surface area is 156 Å². The van der Waals surface area contributed by atoms with Gasteiger partial charge in [0.25, 0.3) is 0 Å². The van der Waals surface area contributed by atoms with Crippen LogP contribution in [0.1, 0.15) is 23.6 Å². The van der Waals surface area contributed by atoms with Crippen molar-refractivity contribution in [2.75, 3.05) is 19.6 Å². The average Bonchev–Trinajstić information content (AvgIpc) is 3.34. The van der Waals surface area contributed by atoms with Crippen LogP contribution in [0.15, 0.2) is 54.6 Å². The van der Waals surface area contributed by atoms with Gasteiger partial charge in [0.1, 0.15) is 17.7 Å². The van der Waals surface area contributed by atoms with Crippen molar-refractivity contribution in [3.63, 3.8) is 0 Å². The first-order valence-electron chi connectivity index (χ1n) is 9.01. The molecular formula is C21H20F2N2O2. The van der Waals surface area contributed by atoms with Gasteiger partial charge in [-0.15, -0.1) is 0 Å². The Morgan fingerprint density at radius 1 is 1.15 bits per heavy atom. The Bertz CT molecular complexity index is 864. The van der Waals surface area contributed by atoms with E-state index >= 15 is 0 Å². The van der Waals surface area contributed by atoms with E-state index in [4.69, 9.17) is 4.74 Å². The van der Waals surface area contributed by atoms with Gasteiger partial charge in [-0.2, -0.15) is 0 Å². The van der Waals surface area contributed by atoms with Gasteiger partial charge in [-0.1, -0.05) is 36.4 Å². The first-order valence-corrected chi connectivity index (χ1v) is 9.01. The van der Waals surface area contributed by atoms with Gasteiger partial charge in [0.15, 0.2) is 0 Å². The topological polar surface area (TPSA) is 41.6 Å². The molecule has 1 fully saturated rings. The van der Waals surface area contributed by atoms with E-state index in [2.05, 4.69) is 5.32 Å². The van der Waals surface area contributed by atoms with Crippen LogP contribution in [0.4, 0.5) is 13.6 Å². The molecule has 4 nitrogen and oxygen atoms in total. The van der Waals surface area contributed by atoms with Crippen LogP contribution in [0.3, 0.4) is 0 Å². The zero-order valence-electron chi connectivity index (χ0n) is 14.7. The van der Waals surface area contributed by atoms with Crippen LogP contribution < -0.4 is 5.32 Å². The van der Waals surface area contributed by atoms with Gasteiger partial charge in [-0.3, -0.25) is 4.90 Å². The van der Waals surface area contributed by atoms with Crippen LogP contribution in [0, 0.1) is 11.6 Å². The molecule has 0 radical (unpaired) electrons. The Morgan fingerprint density at radius 3 is 2.70 bits per heavy atom. The smallest absolute Gasteiger partial charge is 0.411 e. The van der Waals surface area contributed by atoms with E-state index < -0.39 is 17.7 Å². The summed E-state index contributed by atoms with van der Waals surface area (Å²) >= 11 is 0. The van der Waals surface area contributed by atoms with E-state index in [1.807, 2.05) is 30.3 Å². The Morgan fingerprint density at radius 2 is 1.96 bits per heavy atom. The number of hydrogen-bond acceptors (Lipinski definition) is 3. The number of hydrogen-bond donors (Lipinski definition) is 1. The predicted molar refractivity (Wildman–Crippen MR) is 98.0 cm³/mol. The Balaban J connectivity index is 1.64. The van der Waals surface area contributed by atoms with Gasteiger partial charge >= 0.3 is 6.09 Å². The van der Waals surface area contributed by atoms with Crippen molar-refractivity contribution in [2.24, 2.45) is 0 Å². The minimum Gasteiger partial charge on any atom is -0.445 e. The third kappa shape index (κ3) is 3.71. The van der Waals surface area contributed by atoms with Gasteiger partial charge in [-0.05, 0) is 42.3 Å². The highest BCUT2D eigenvalue weighted by Crippen LogP contribution is 2.36. The number of carbonyl (C=O) groups is 1. The molecule has 4 rings (SSSR count). The molecule has 1 N–H and O–H groups in total. The standard InChI is InChI=1S/C21H20F2N2O2/c22-16-6-7-19(23)18(11-16)15-10-20(14-4-2-1-3-5-14)25(13-15)21(26)27-17-8-9-24-12-17/h1-7,10-11,17,20,24H,8-9,12-13H2. The summed E-state index contributed by atoms with van der Waals surface area (Å²) in [5, 5.41) is 3.16. The maximum atomic E-state index is 14.3. The number of nitrogens with one attached hydrogen (secondary N) is 1. The van der Waals surface area contributed by atoms with E-state index in [-0.39, 0.29) is 24.3 Å². The summed E-state index contributed by atoms with van der Waals surface area (Å²) in [5.41, 5.74) is 1.64. The molecule has 1 amide bonds. The molecule has 2 unspecified atom stereocenters. The second kappa shape index (κ2) is 7.48. The number of amides is 1. The minimum atomic E-state index is -0.512. The Hall–Kier alpha value is -2.73. The molecule has 2 aromatic carbocycles. The molecule has 27 heavy (non-hydrogen) atoms. The summed E-state index contributed by atoms with van der Waals surface area (Å²) < 4.78 is 33.5. The molecule has 140 valence electrons. The summed E-state index contributed by atoms with van der Waals surface area (Å²) in [7, 11) is 0. The SMILES string of the molecule is O=C(OC1CCNC1)N1CC(c2cc(F)ccc2F)=CC1c1ccccc1. The number of halogens is 2. The molecule has 0 spiro atoms. The maximum Gasteiger partial charge on any atom is 0.411 e. The molecule has 2 aromatic rings. The van der Waals surface area contributed by atoms with Crippen molar-refractivity contribution < 1.29 is 18.3 Å². The maximum absolute atomic E-state index is 14.3. The number of nitrogens with zero attached hydrogens (tertiary/aromatic N) is 1. The molecule has 2 atom stereocenters. The van der Waals surface area contributed by atoms with Crippen LogP contribution in [-0.4, -0.2) is 36.7 Å². The molecule has 2 heterocycles. The van der Waals surface area contributed by atoms with E-state index in [1.54, 1.807) is 11.0 Å². The fourth-order valence-electron chi connectivity index (χ4n) is 3.58. The van der Waals surface area contributed by atoms with Crippen molar-refractivity contribution in [1.29, 1.82) is 0 Å². The second-order valence-electron chi connectivity index (χ2n) is 6.80. The second-order valence-corrected chi connectivity index (χ2v) is 6.80. The van der Waals surface area contributed by atoms with E-state index in [0.29, 0.717) is 12.1 Å². The fraction of sp³-hybridized carbons (Fsp3) is 0.286. The van der Waals surface area contributed by atoms with Crippen LogP contribution in [0.2, 0.25) is 0 Å². The summed E-state index contributed by atoms with van der Waals surface area (Å²) in [6, 6.07) is 12.4. The largest absolute Gasteiger partial charge is 0.445 e. The van der Waals surface area contributed by atoms with Crippen molar-refractivity contribution in [3.8, 4) is 0 Å². The van der Waals surface area contributed by atoms with Crippen molar-refractivity contribution in [2.45, 2.75) is 18.6 Å². The highest BCUT2D eigenvalue weighted by Gasteiger charge is 2.34. The highest BCUT2D eigenvalue weighted by atomic mass is 19.1. The molecular weight excluding hydrogens is 350 g/mol. The molecule has 2 aliphatic heterocycles. The predicted octanol–water partition coefficient (Wildman–Crippen LogP) is 3.90.